The lowest BCUT2D eigenvalue weighted by atomic mass is 10.1. The van der Waals surface area contributed by atoms with Crippen LogP contribution in [0.4, 0.5) is 0 Å². The molecule has 0 radical (unpaired) electrons. The van der Waals surface area contributed by atoms with E-state index in [4.69, 9.17) is 0 Å². The van der Waals surface area contributed by atoms with E-state index >= 15 is 0 Å². The van der Waals surface area contributed by atoms with E-state index < -0.39 is 0 Å². The van der Waals surface area contributed by atoms with Crippen LogP contribution in [-0.2, 0) is 6.54 Å². The molecule has 0 aliphatic heterocycles. The molecule has 2 aromatic carbocycles. The molecule has 2 rings (SSSR count). The van der Waals surface area contributed by atoms with Gasteiger partial charge in [-0.05, 0) is 23.2 Å². The van der Waals surface area contributed by atoms with Crippen molar-refractivity contribution in [1.82, 2.24) is 5.32 Å². The predicted molar refractivity (Wildman–Crippen MR) is 79.2 cm³/mol. The lowest BCUT2D eigenvalue weighted by molar-refractivity contribution is 0.727. The average Bonchev–Trinajstić information content (AvgIpc) is 2.45. The maximum atomic E-state index is 3.32. The Kier molecular flexibility index (Phi) is 4.74. The first kappa shape index (κ1) is 12.6. The van der Waals surface area contributed by atoms with Crippen molar-refractivity contribution in [3.63, 3.8) is 0 Å². The van der Waals surface area contributed by atoms with E-state index in [0.29, 0.717) is 0 Å². The first-order valence-corrected chi connectivity index (χ1v) is 6.41. The molecule has 0 saturated heterocycles. The van der Waals surface area contributed by atoms with Crippen molar-refractivity contribution in [2.75, 3.05) is 6.54 Å². The first-order valence-electron chi connectivity index (χ1n) is 6.41. The van der Waals surface area contributed by atoms with Gasteiger partial charge in [-0.3, -0.25) is 0 Å². The van der Waals surface area contributed by atoms with Gasteiger partial charge in [0.1, 0.15) is 0 Å². The lowest BCUT2D eigenvalue weighted by Crippen LogP contribution is -2.11. The molecule has 0 aliphatic carbocycles. The summed E-state index contributed by atoms with van der Waals surface area (Å²) >= 11 is 0. The lowest BCUT2D eigenvalue weighted by Gasteiger charge is -2.02. The number of benzene rings is 2. The zero-order valence-corrected chi connectivity index (χ0v) is 10.8. The van der Waals surface area contributed by atoms with Crippen LogP contribution in [0.2, 0.25) is 0 Å². The molecule has 0 aromatic heterocycles. The fourth-order valence-corrected chi connectivity index (χ4v) is 1.77. The number of hydrogen-bond donors (Lipinski definition) is 1. The van der Waals surface area contributed by atoms with Crippen molar-refractivity contribution in [3.8, 4) is 0 Å². The summed E-state index contributed by atoms with van der Waals surface area (Å²) in [6.45, 7) is 4.08. The van der Waals surface area contributed by atoms with Gasteiger partial charge in [0, 0.05) is 6.54 Å². The second-order valence-corrected chi connectivity index (χ2v) is 4.27. The summed E-state index contributed by atoms with van der Waals surface area (Å²) in [4.78, 5) is 0. The summed E-state index contributed by atoms with van der Waals surface area (Å²) < 4.78 is 0. The van der Waals surface area contributed by atoms with E-state index in [1.54, 1.807) is 0 Å². The van der Waals surface area contributed by atoms with Crippen LogP contribution in [-0.4, -0.2) is 6.54 Å². The molecule has 0 spiro atoms. The van der Waals surface area contributed by atoms with E-state index in [9.17, 15) is 0 Å². The van der Waals surface area contributed by atoms with Gasteiger partial charge in [0.2, 0.25) is 0 Å². The molecule has 0 heterocycles. The van der Waals surface area contributed by atoms with Gasteiger partial charge in [-0.15, -0.1) is 0 Å². The molecule has 1 nitrogen and oxygen atoms in total. The highest BCUT2D eigenvalue weighted by atomic mass is 14.8. The van der Waals surface area contributed by atoms with Crippen LogP contribution >= 0.6 is 0 Å². The fourth-order valence-electron chi connectivity index (χ4n) is 1.77. The van der Waals surface area contributed by atoms with Crippen molar-refractivity contribution >= 4 is 12.2 Å². The van der Waals surface area contributed by atoms with Crippen LogP contribution in [0.1, 0.15) is 23.6 Å². The minimum Gasteiger partial charge on any atom is -0.313 e. The van der Waals surface area contributed by atoms with Gasteiger partial charge in [0.15, 0.2) is 0 Å². The van der Waals surface area contributed by atoms with E-state index in [1.807, 2.05) is 6.07 Å². The molecular formula is C17H19N. The molecule has 0 fully saturated rings. The van der Waals surface area contributed by atoms with Gasteiger partial charge in [0.05, 0.1) is 0 Å². The molecule has 0 atom stereocenters. The molecule has 18 heavy (non-hydrogen) atoms. The Bertz CT molecular complexity index is 483. The van der Waals surface area contributed by atoms with Crippen molar-refractivity contribution in [2.24, 2.45) is 0 Å². The van der Waals surface area contributed by atoms with Crippen LogP contribution in [0.15, 0.2) is 54.6 Å². The Balaban J connectivity index is 2.00. The second kappa shape index (κ2) is 6.77. The maximum absolute atomic E-state index is 3.32. The molecule has 0 bridgehead atoms. The summed E-state index contributed by atoms with van der Waals surface area (Å²) in [5, 5.41) is 3.32. The molecule has 1 N–H and O–H groups in total. The molecule has 92 valence electrons. The highest BCUT2D eigenvalue weighted by Crippen LogP contribution is 2.09. The van der Waals surface area contributed by atoms with Crippen LogP contribution in [0.5, 0.6) is 0 Å². The SMILES string of the molecule is CCNCc1ccc(/C=C/c2ccccc2)cc1. The standard InChI is InChI=1S/C17H19N/c1-2-18-14-17-12-10-16(11-13-17)9-8-15-6-4-3-5-7-15/h3-13,18H,2,14H2,1H3/b9-8+. The third-order valence-corrected chi connectivity index (χ3v) is 2.83. The van der Waals surface area contributed by atoms with Crippen molar-refractivity contribution < 1.29 is 0 Å². The topological polar surface area (TPSA) is 12.0 Å². The highest BCUT2D eigenvalue weighted by Gasteiger charge is 1.91. The minimum atomic E-state index is 0.944. The Morgan fingerprint density at radius 1 is 0.833 bits per heavy atom. The molecular weight excluding hydrogens is 218 g/mol. The van der Waals surface area contributed by atoms with Gasteiger partial charge in [-0.2, -0.15) is 0 Å². The first-order chi connectivity index (χ1) is 8.88. The number of nitrogens with one attached hydrogen (secondary N) is 1. The van der Waals surface area contributed by atoms with Crippen molar-refractivity contribution in [1.29, 1.82) is 0 Å². The van der Waals surface area contributed by atoms with E-state index in [1.165, 1.54) is 16.7 Å². The maximum Gasteiger partial charge on any atom is 0.0205 e. The highest BCUT2D eigenvalue weighted by molar-refractivity contribution is 5.69. The van der Waals surface area contributed by atoms with Gasteiger partial charge in [-0.25, -0.2) is 0 Å². The molecule has 2 aromatic rings. The monoisotopic (exact) mass is 237 g/mol. The quantitative estimate of drug-likeness (QED) is 0.776. The van der Waals surface area contributed by atoms with Gasteiger partial charge in [0.25, 0.3) is 0 Å². The molecule has 0 saturated carbocycles. The van der Waals surface area contributed by atoms with Crippen LogP contribution in [0.25, 0.3) is 12.2 Å². The molecule has 1 heteroatoms. The van der Waals surface area contributed by atoms with Crippen LogP contribution in [0, 0.1) is 0 Å². The Morgan fingerprint density at radius 3 is 2.06 bits per heavy atom. The van der Waals surface area contributed by atoms with Gasteiger partial charge >= 0.3 is 0 Å². The zero-order chi connectivity index (χ0) is 12.6. The summed E-state index contributed by atoms with van der Waals surface area (Å²) in [7, 11) is 0. The smallest absolute Gasteiger partial charge is 0.0205 e. The predicted octanol–water partition coefficient (Wildman–Crippen LogP) is 3.97. The molecule has 0 amide bonds. The van der Waals surface area contributed by atoms with Crippen molar-refractivity contribution in [3.05, 3.63) is 71.3 Å². The fraction of sp³-hybridized carbons (Fsp3) is 0.176. The Morgan fingerprint density at radius 2 is 1.44 bits per heavy atom. The van der Waals surface area contributed by atoms with Crippen LogP contribution in [0.3, 0.4) is 0 Å². The van der Waals surface area contributed by atoms with E-state index in [-0.39, 0.29) is 0 Å². The summed E-state index contributed by atoms with van der Waals surface area (Å²) in [6.07, 6.45) is 4.28. The zero-order valence-electron chi connectivity index (χ0n) is 10.8. The third-order valence-electron chi connectivity index (χ3n) is 2.83. The van der Waals surface area contributed by atoms with Gasteiger partial charge in [-0.1, -0.05) is 73.7 Å². The van der Waals surface area contributed by atoms with Crippen molar-refractivity contribution in [2.45, 2.75) is 13.5 Å². The normalized spacial score (nSPS) is 10.9. The second-order valence-electron chi connectivity index (χ2n) is 4.27. The Labute approximate surface area is 109 Å². The molecule has 0 aliphatic rings. The summed E-state index contributed by atoms with van der Waals surface area (Å²) in [5.41, 5.74) is 3.79. The Hall–Kier alpha value is -1.86. The van der Waals surface area contributed by atoms with E-state index in [2.05, 4.69) is 72.9 Å². The minimum absolute atomic E-state index is 0.944. The number of rotatable bonds is 5. The summed E-state index contributed by atoms with van der Waals surface area (Å²) in [6, 6.07) is 19.0. The van der Waals surface area contributed by atoms with E-state index in [0.717, 1.165) is 13.1 Å². The average molecular weight is 237 g/mol. The largest absolute Gasteiger partial charge is 0.313 e. The summed E-state index contributed by atoms with van der Waals surface area (Å²) in [5.74, 6) is 0. The molecule has 0 unspecified atom stereocenters. The van der Waals surface area contributed by atoms with Crippen LogP contribution < -0.4 is 5.32 Å². The third kappa shape index (κ3) is 3.86. The van der Waals surface area contributed by atoms with Gasteiger partial charge < -0.3 is 5.32 Å². The number of hydrogen-bond acceptors (Lipinski definition) is 1.